The van der Waals surface area contributed by atoms with Crippen LogP contribution in [0.2, 0.25) is 0 Å². The van der Waals surface area contributed by atoms with Gasteiger partial charge < -0.3 is 15.7 Å². The lowest BCUT2D eigenvalue weighted by atomic mass is 9.94. The standard InChI is InChI=1S/C11H26N2O/c1-6-9(2)13(5)10(3)7-11(4,12)8-14/h9-10,14H,6-8,12H2,1-5H3. The number of nitrogens with two attached hydrogens (primary N) is 1. The average molecular weight is 202 g/mol. The second-order valence-corrected chi connectivity index (χ2v) is 4.79. The lowest BCUT2D eigenvalue weighted by molar-refractivity contribution is 0.129. The quantitative estimate of drug-likeness (QED) is 0.680. The normalized spacial score (nSPS) is 20.6. The number of hydrogen-bond acceptors (Lipinski definition) is 3. The Kier molecular flexibility index (Phi) is 5.64. The molecule has 0 aliphatic rings. The SMILES string of the molecule is CCC(C)N(C)C(C)CC(C)(N)CO. The largest absolute Gasteiger partial charge is 0.394 e. The molecule has 0 heterocycles. The van der Waals surface area contributed by atoms with Gasteiger partial charge in [-0.2, -0.15) is 0 Å². The molecule has 0 amide bonds. The first kappa shape index (κ1) is 13.9. The van der Waals surface area contributed by atoms with Gasteiger partial charge >= 0.3 is 0 Å². The Bertz CT molecular complexity index is 159. The second kappa shape index (κ2) is 5.69. The zero-order valence-electron chi connectivity index (χ0n) is 10.2. The fourth-order valence-electron chi connectivity index (χ4n) is 1.61. The Morgan fingerprint density at radius 2 is 1.86 bits per heavy atom. The molecule has 3 unspecified atom stereocenters. The van der Waals surface area contributed by atoms with Crippen molar-refractivity contribution in [3.63, 3.8) is 0 Å². The Morgan fingerprint density at radius 3 is 2.21 bits per heavy atom. The molecule has 0 aromatic carbocycles. The Hall–Kier alpha value is -0.120. The molecule has 0 aliphatic heterocycles. The predicted octanol–water partition coefficient (Wildman–Crippen LogP) is 1.20. The van der Waals surface area contributed by atoms with Gasteiger partial charge in [0, 0.05) is 17.6 Å². The van der Waals surface area contributed by atoms with Crippen LogP contribution in [0.4, 0.5) is 0 Å². The monoisotopic (exact) mass is 202 g/mol. The smallest absolute Gasteiger partial charge is 0.0609 e. The molecule has 3 nitrogen and oxygen atoms in total. The van der Waals surface area contributed by atoms with Crippen molar-refractivity contribution in [1.82, 2.24) is 4.90 Å². The molecule has 86 valence electrons. The third kappa shape index (κ3) is 4.40. The molecule has 0 saturated carbocycles. The minimum Gasteiger partial charge on any atom is -0.394 e. The molecule has 0 aromatic rings. The number of hydrogen-bond donors (Lipinski definition) is 2. The Morgan fingerprint density at radius 1 is 1.36 bits per heavy atom. The van der Waals surface area contributed by atoms with Crippen LogP contribution in [0, 0.1) is 0 Å². The molecule has 0 fully saturated rings. The highest BCUT2D eigenvalue weighted by molar-refractivity contribution is 4.83. The summed E-state index contributed by atoms with van der Waals surface area (Å²) >= 11 is 0. The highest BCUT2D eigenvalue weighted by Gasteiger charge is 2.24. The summed E-state index contributed by atoms with van der Waals surface area (Å²) in [5, 5.41) is 9.08. The van der Waals surface area contributed by atoms with Crippen LogP contribution in [0.25, 0.3) is 0 Å². The van der Waals surface area contributed by atoms with Crippen molar-refractivity contribution in [2.24, 2.45) is 5.73 Å². The van der Waals surface area contributed by atoms with Gasteiger partial charge in [-0.1, -0.05) is 6.92 Å². The lowest BCUT2D eigenvalue weighted by Gasteiger charge is -2.34. The number of aliphatic hydroxyl groups excluding tert-OH is 1. The molecule has 0 spiro atoms. The summed E-state index contributed by atoms with van der Waals surface area (Å²) in [5.74, 6) is 0. The molecule has 0 saturated heterocycles. The van der Waals surface area contributed by atoms with Crippen LogP contribution in [-0.4, -0.2) is 41.3 Å². The van der Waals surface area contributed by atoms with Crippen molar-refractivity contribution < 1.29 is 5.11 Å². The van der Waals surface area contributed by atoms with E-state index in [1.807, 2.05) is 6.92 Å². The van der Waals surface area contributed by atoms with E-state index in [1.54, 1.807) is 0 Å². The van der Waals surface area contributed by atoms with Gasteiger partial charge in [-0.15, -0.1) is 0 Å². The van der Waals surface area contributed by atoms with E-state index >= 15 is 0 Å². The molecule has 3 heteroatoms. The van der Waals surface area contributed by atoms with Crippen molar-refractivity contribution in [3.05, 3.63) is 0 Å². The molecular weight excluding hydrogens is 176 g/mol. The van der Waals surface area contributed by atoms with E-state index in [9.17, 15) is 0 Å². The highest BCUT2D eigenvalue weighted by atomic mass is 16.3. The van der Waals surface area contributed by atoms with E-state index < -0.39 is 5.54 Å². The summed E-state index contributed by atoms with van der Waals surface area (Å²) in [4.78, 5) is 2.32. The summed E-state index contributed by atoms with van der Waals surface area (Å²) in [6, 6.07) is 0.978. The van der Waals surface area contributed by atoms with Crippen molar-refractivity contribution in [2.75, 3.05) is 13.7 Å². The lowest BCUT2D eigenvalue weighted by Crippen LogP contribution is -2.48. The second-order valence-electron chi connectivity index (χ2n) is 4.79. The van der Waals surface area contributed by atoms with Crippen LogP contribution in [0.5, 0.6) is 0 Å². The maximum atomic E-state index is 9.08. The van der Waals surface area contributed by atoms with Crippen LogP contribution >= 0.6 is 0 Å². The maximum absolute atomic E-state index is 9.08. The third-order valence-corrected chi connectivity index (χ3v) is 3.10. The first-order valence-corrected chi connectivity index (χ1v) is 5.45. The minimum absolute atomic E-state index is 0.0473. The van der Waals surface area contributed by atoms with E-state index in [0.29, 0.717) is 12.1 Å². The summed E-state index contributed by atoms with van der Waals surface area (Å²) < 4.78 is 0. The van der Waals surface area contributed by atoms with Crippen LogP contribution in [0.3, 0.4) is 0 Å². The summed E-state index contributed by atoms with van der Waals surface area (Å²) in [6.45, 7) is 8.50. The Balaban J connectivity index is 4.13. The zero-order valence-corrected chi connectivity index (χ0v) is 10.2. The summed E-state index contributed by atoms with van der Waals surface area (Å²) in [6.07, 6.45) is 1.96. The summed E-state index contributed by atoms with van der Waals surface area (Å²) in [7, 11) is 2.12. The van der Waals surface area contributed by atoms with Gasteiger partial charge in [0.05, 0.1) is 6.61 Å². The van der Waals surface area contributed by atoms with E-state index in [-0.39, 0.29) is 6.61 Å². The van der Waals surface area contributed by atoms with E-state index in [1.165, 1.54) is 0 Å². The van der Waals surface area contributed by atoms with Gasteiger partial charge in [-0.25, -0.2) is 0 Å². The molecule has 0 bridgehead atoms. The van der Waals surface area contributed by atoms with Gasteiger partial charge in [0.2, 0.25) is 0 Å². The Labute approximate surface area is 88.3 Å². The molecule has 3 atom stereocenters. The number of aliphatic hydroxyl groups is 1. The topological polar surface area (TPSA) is 49.5 Å². The first-order valence-electron chi connectivity index (χ1n) is 5.45. The molecular formula is C11H26N2O. The van der Waals surface area contributed by atoms with Gasteiger partial charge in [-0.05, 0) is 40.7 Å². The molecule has 3 N–H and O–H groups in total. The van der Waals surface area contributed by atoms with Gasteiger partial charge in [-0.3, -0.25) is 0 Å². The predicted molar refractivity (Wildman–Crippen MR) is 61.3 cm³/mol. The maximum Gasteiger partial charge on any atom is 0.0609 e. The molecule has 14 heavy (non-hydrogen) atoms. The zero-order chi connectivity index (χ0) is 11.4. The minimum atomic E-state index is -0.457. The third-order valence-electron chi connectivity index (χ3n) is 3.10. The number of rotatable bonds is 6. The van der Waals surface area contributed by atoms with Crippen molar-refractivity contribution in [3.8, 4) is 0 Å². The first-order chi connectivity index (χ1) is 6.34. The summed E-state index contributed by atoms with van der Waals surface area (Å²) in [5.41, 5.74) is 5.46. The van der Waals surface area contributed by atoms with E-state index in [2.05, 4.69) is 32.7 Å². The van der Waals surface area contributed by atoms with Gasteiger partial charge in [0.25, 0.3) is 0 Å². The molecule has 0 aromatic heterocycles. The van der Waals surface area contributed by atoms with E-state index in [4.69, 9.17) is 10.8 Å². The van der Waals surface area contributed by atoms with Crippen molar-refractivity contribution in [2.45, 2.75) is 58.2 Å². The molecule has 0 radical (unpaired) electrons. The fourth-order valence-corrected chi connectivity index (χ4v) is 1.61. The van der Waals surface area contributed by atoms with Crippen LogP contribution in [-0.2, 0) is 0 Å². The van der Waals surface area contributed by atoms with Crippen molar-refractivity contribution >= 4 is 0 Å². The van der Waals surface area contributed by atoms with Gasteiger partial charge in [0.1, 0.15) is 0 Å². The van der Waals surface area contributed by atoms with E-state index in [0.717, 1.165) is 12.8 Å². The van der Waals surface area contributed by atoms with Gasteiger partial charge in [0.15, 0.2) is 0 Å². The van der Waals surface area contributed by atoms with Crippen molar-refractivity contribution in [1.29, 1.82) is 0 Å². The molecule has 0 rings (SSSR count). The number of nitrogens with zero attached hydrogens (tertiary/aromatic N) is 1. The average Bonchev–Trinajstić information content (AvgIpc) is 2.14. The highest BCUT2D eigenvalue weighted by Crippen LogP contribution is 2.15. The van der Waals surface area contributed by atoms with Crippen LogP contribution < -0.4 is 5.73 Å². The fraction of sp³-hybridized carbons (Fsp3) is 1.00. The van der Waals surface area contributed by atoms with Crippen LogP contribution in [0.15, 0.2) is 0 Å². The molecule has 0 aliphatic carbocycles. The van der Waals surface area contributed by atoms with Crippen LogP contribution in [0.1, 0.15) is 40.5 Å².